The topological polar surface area (TPSA) is 116 Å². The number of ether oxygens (including phenoxy) is 2. The summed E-state index contributed by atoms with van der Waals surface area (Å²) in [7, 11) is 0.481. The van der Waals surface area contributed by atoms with Crippen LogP contribution in [0.15, 0.2) is 30.6 Å². The van der Waals surface area contributed by atoms with Crippen LogP contribution in [-0.2, 0) is 23.3 Å². The zero-order valence-corrected chi connectivity index (χ0v) is 25.4. The summed E-state index contributed by atoms with van der Waals surface area (Å²) >= 11 is 0. The first-order chi connectivity index (χ1) is 19.5. The Balaban J connectivity index is 1.47. The van der Waals surface area contributed by atoms with Crippen LogP contribution < -0.4 is 5.32 Å². The van der Waals surface area contributed by atoms with Crippen LogP contribution in [0.5, 0.6) is 0 Å². The molecule has 0 saturated carbocycles. The largest absolute Gasteiger partial charge is 0.391 e. The van der Waals surface area contributed by atoms with Gasteiger partial charge in [0.2, 0.25) is 0 Å². The molecule has 4 heterocycles. The van der Waals surface area contributed by atoms with E-state index in [2.05, 4.69) is 35.0 Å². The Labute approximate surface area is 239 Å². The molecule has 220 valence electrons. The van der Waals surface area contributed by atoms with Crippen LogP contribution in [0.3, 0.4) is 0 Å². The molecule has 1 fully saturated rings. The highest BCUT2D eigenvalue weighted by Crippen LogP contribution is 2.29. The number of aliphatic hydroxyl groups excluding tert-OH is 1. The number of fused-ring (bicyclic) bond motifs is 2. The summed E-state index contributed by atoms with van der Waals surface area (Å²) in [5, 5.41) is 19.2. The highest BCUT2D eigenvalue weighted by atomic mass is 28.3. The molecule has 4 aromatic rings. The van der Waals surface area contributed by atoms with Gasteiger partial charge in [0.05, 0.1) is 29.4 Å². The number of hydrogen-bond donors (Lipinski definition) is 2. The predicted molar refractivity (Wildman–Crippen MR) is 158 cm³/mol. The number of halogens is 1. The van der Waals surface area contributed by atoms with E-state index in [4.69, 9.17) is 14.5 Å². The van der Waals surface area contributed by atoms with Gasteiger partial charge in [-0.05, 0) is 49.9 Å². The Bertz CT molecular complexity index is 1540. The summed E-state index contributed by atoms with van der Waals surface area (Å²) in [6.45, 7) is 10.8. The first-order valence-corrected chi connectivity index (χ1v) is 17.9. The quantitative estimate of drug-likeness (QED) is 0.211. The van der Waals surface area contributed by atoms with Crippen LogP contribution in [0.1, 0.15) is 30.1 Å². The van der Waals surface area contributed by atoms with Crippen molar-refractivity contribution < 1.29 is 23.8 Å². The number of rotatable bonds is 10. The van der Waals surface area contributed by atoms with E-state index in [1.165, 1.54) is 12.1 Å². The van der Waals surface area contributed by atoms with Crippen molar-refractivity contribution in [3.05, 3.63) is 42.0 Å². The molecule has 0 radical (unpaired) electrons. The maximum Gasteiger partial charge on any atom is 0.255 e. The van der Waals surface area contributed by atoms with Gasteiger partial charge in [-0.1, -0.05) is 19.6 Å². The van der Waals surface area contributed by atoms with Gasteiger partial charge in [0.25, 0.3) is 5.91 Å². The van der Waals surface area contributed by atoms with Gasteiger partial charge >= 0.3 is 0 Å². The Hall–Kier alpha value is -3.19. The zero-order valence-electron chi connectivity index (χ0n) is 24.4. The average molecular weight is 583 g/mol. The van der Waals surface area contributed by atoms with Crippen molar-refractivity contribution in [2.75, 3.05) is 19.8 Å². The number of aliphatic hydroxyl groups is 1. The molecule has 5 rings (SSSR count). The number of carbonyl (C=O) groups is 1. The van der Waals surface area contributed by atoms with Crippen LogP contribution in [0.4, 0.5) is 4.39 Å². The number of benzene rings is 1. The van der Waals surface area contributed by atoms with Gasteiger partial charge in [-0.15, -0.1) is 0 Å². The average Bonchev–Trinajstić information content (AvgIpc) is 3.47. The second-order valence-electron chi connectivity index (χ2n) is 12.1. The van der Waals surface area contributed by atoms with Gasteiger partial charge in [-0.2, -0.15) is 5.10 Å². The van der Waals surface area contributed by atoms with Gasteiger partial charge in [-0.25, -0.2) is 14.4 Å². The van der Waals surface area contributed by atoms with Crippen LogP contribution in [-0.4, -0.2) is 75.4 Å². The van der Waals surface area contributed by atoms with E-state index in [1.807, 2.05) is 6.92 Å². The smallest absolute Gasteiger partial charge is 0.255 e. The number of nitrogens with one attached hydrogen (secondary N) is 1. The van der Waals surface area contributed by atoms with Crippen molar-refractivity contribution >= 4 is 36.0 Å². The third-order valence-corrected chi connectivity index (χ3v) is 9.42. The third-order valence-electron chi connectivity index (χ3n) is 7.71. The minimum Gasteiger partial charge on any atom is -0.391 e. The van der Waals surface area contributed by atoms with E-state index in [9.17, 15) is 14.3 Å². The van der Waals surface area contributed by atoms with E-state index >= 15 is 0 Å². The lowest BCUT2D eigenvalue weighted by Crippen LogP contribution is -2.45. The molecular formula is C29H39FN6O4Si. The molecule has 10 nitrogen and oxygen atoms in total. The fraction of sp³-hybridized carbons (Fsp3) is 0.517. The Morgan fingerprint density at radius 3 is 2.78 bits per heavy atom. The molecule has 1 amide bonds. The summed E-state index contributed by atoms with van der Waals surface area (Å²) in [4.78, 5) is 23.1. The van der Waals surface area contributed by atoms with E-state index in [0.717, 1.165) is 24.3 Å². The summed E-state index contributed by atoms with van der Waals surface area (Å²) in [5.41, 5.74) is 2.89. The molecule has 0 unspecified atom stereocenters. The molecule has 3 aromatic heterocycles. The van der Waals surface area contributed by atoms with Gasteiger partial charge in [-0.3, -0.25) is 9.48 Å². The number of aryl methyl sites for hydroxylation is 1. The molecule has 2 N–H and O–H groups in total. The van der Waals surface area contributed by atoms with E-state index in [0.29, 0.717) is 53.5 Å². The highest BCUT2D eigenvalue weighted by molar-refractivity contribution is 6.76. The molecule has 12 heteroatoms. The van der Waals surface area contributed by atoms with Crippen LogP contribution in [0.25, 0.3) is 33.5 Å². The number of hydrogen-bond acceptors (Lipinski definition) is 7. The molecule has 0 aliphatic carbocycles. The fourth-order valence-electron chi connectivity index (χ4n) is 5.23. The minimum absolute atomic E-state index is 0.0637. The van der Waals surface area contributed by atoms with Crippen molar-refractivity contribution in [1.29, 1.82) is 0 Å². The first-order valence-electron chi connectivity index (χ1n) is 14.1. The van der Waals surface area contributed by atoms with Crippen LogP contribution in [0.2, 0.25) is 25.7 Å². The van der Waals surface area contributed by atoms with Crippen molar-refractivity contribution in [2.45, 2.75) is 64.3 Å². The van der Waals surface area contributed by atoms with E-state index < -0.39 is 20.2 Å². The molecule has 1 aliphatic heterocycles. The first kappa shape index (κ1) is 29.3. The molecular weight excluding hydrogens is 543 g/mol. The molecule has 41 heavy (non-hydrogen) atoms. The molecule has 2 atom stereocenters. The SMILES string of the molecule is C[C@@H](NC(=O)c1cn(COCC[Si](C)(C)C)c2ncc(-c3nn(C)c4cc(F)ccc34)nc12)[C@@H](O)C1CCOCC1. The molecule has 0 bridgehead atoms. The number of carbonyl (C=O) groups excluding carboxylic acids is 1. The summed E-state index contributed by atoms with van der Waals surface area (Å²) in [6, 6.07) is 5.03. The lowest BCUT2D eigenvalue weighted by atomic mass is 9.90. The van der Waals surface area contributed by atoms with Crippen molar-refractivity contribution in [1.82, 2.24) is 29.6 Å². The monoisotopic (exact) mass is 582 g/mol. The van der Waals surface area contributed by atoms with Crippen molar-refractivity contribution in [3.63, 3.8) is 0 Å². The normalized spacial score (nSPS) is 16.4. The zero-order chi connectivity index (χ0) is 29.3. The molecule has 1 saturated heterocycles. The fourth-order valence-corrected chi connectivity index (χ4v) is 5.98. The van der Waals surface area contributed by atoms with Crippen LogP contribution >= 0.6 is 0 Å². The third kappa shape index (κ3) is 6.50. The Kier molecular flexibility index (Phi) is 8.55. The minimum atomic E-state index is -1.26. The Morgan fingerprint density at radius 1 is 1.29 bits per heavy atom. The standard InChI is InChI=1S/C29H39FN6O4Si/c1-18(27(37)19-8-10-39-11-9-19)32-29(38)22-16-36(17-40-12-13-41(3,4)5)28-26(22)33-23(15-31-28)25-21-7-6-20(30)14-24(21)35(2)34-25/h6-7,14-16,18-19,27,37H,8-13,17H2,1-5H3,(H,32,38)/t18-,27-/m1/s1. The summed E-state index contributed by atoms with van der Waals surface area (Å²) in [6.07, 6.45) is 4.14. The highest BCUT2D eigenvalue weighted by Gasteiger charge is 2.29. The molecule has 0 spiro atoms. The lowest BCUT2D eigenvalue weighted by molar-refractivity contribution is -0.00424. The van der Waals surface area contributed by atoms with Gasteiger partial charge in [0.1, 0.15) is 29.5 Å². The van der Waals surface area contributed by atoms with E-state index in [-0.39, 0.29) is 24.4 Å². The number of aromatic nitrogens is 5. The maximum atomic E-state index is 13.9. The second-order valence-corrected chi connectivity index (χ2v) is 17.7. The summed E-state index contributed by atoms with van der Waals surface area (Å²) < 4.78 is 28.7. The Morgan fingerprint density at radius 2 is 2.05 bits per heavy atom. The number of amides is 1. The predicted octanol–water partition coefficient (Wildman–Crippen LogP) is 4.34. The van der Waals surface area contributed by atoms with Gasteiger partial charge < -0.3 is 24.5 Å². The summed E-state index contributed by atoms with van der Waals surface area (Å²) in [5.74, 6) is -0.640. The number of nitrogens with zero attached hydrogens (tertiary/aromatic N) is 5. The van der Waals surface area contributed by atoms with Crippen molar-refractivity contribution in [2.24, 2.45) is 13.0 Å². The molecule has 1 aromatic carbocycles. The second kappa shape index (κ2) is 12.0. The van der Waals surface area contributed by atoms with Gasteiger partial charge in [0.15, 0.2) is 5.65 Å². The van der Waals surface area contributed by atoms with Crippen LogP contribution in [0, 0.1) is 11.7 Å². The van der Waals surface area contributed by atoms with E-state index in [1.54, 1.807) is 34.8 Å². The maximum absolute atomic E-state index is 13.9. The lowest BCUT2D eigenvalue weighted by Gasteiger charge is -2.30. The van der Waals surface area contributed by atoms with Gasteiger partial charge in [0, 0.05) is 46.5 Å². The van der Waals surface area contributed by atoms with Crippen molar-refractivity contribution in [3.8, 4) is 11.4 Å². The molecule has 1 aliphatic rings.